The number of nitrogens with two attached hydrogens (primary N) is 1. The summed E-state index contributed by atoms with van der Waals surface area (Å²) in [5.74, 6) is 0.804. The molecule has 0 fully saturated rings. The lowest BCUT2D eigenvalue weighted by molar-refractivity contribution is 0.415. The molecule has 16 heavy (non-hydrogen) atoms. The number of rotatable bonds is 1. The molecule has 3 nitrogen and oxygen atoms in total. The Morgan fingerprint density at radius 3 is 2.81 bits per heavy atom. The average molecular weight is 213 g/mol. The first-order valence-corrected chi connectivity index (χ1v) is 5.04. The molecule has 3 heteroatoms. The summed E-state index contributed by atoms with van der Waals surface area (Å²) in [5, 5.41) is 1.95. The number of hydrogen-bond acceptors (Lipinski definition) is 3. The number of nitrogen functional groups attached to an aromatic ring is 1. The molecule has 0 unspecified atom stereocenters. The quantitative estimate of drug-likeness (QED) is 0.631. The molecule has 80 valence electrons. The maximum absolute atomic E-state index is 5.96. The van der Waals surface area contributed by atoms with Gasteiger partial charge < -0.3 is 14.9 Å². The van der Waals surface area contributed by atoms with Gasteiger partial charge in [-0.05, 0) is 30.3 Å². The fourth-order valence-corrected chi connectivity index (χ4v) is 1.96. The SMILES string of the molecule is COc1ccc2oc3cccc(N)c3c2c1. The lowest BCUT2D eigenvalue weighted by Crippen LogP contribution is -1.84. The molecule has 2 N–H and O–H groups in total. The standard InChI is InChI=1S/C13H11NO2/c1-15-8-5-6-11-9(7-8)13-10(14)3-2-4-12(13)16-11/h2-7H,14H2,1H3. The Bertz CT molecular complexity index is 670. The van der Waals surface area contributed by atoms with Crippen molar-refractivity contribution in [2.45, 2.75) is 0 Å². The fourth-order valence-electron chi connectivity index (χ4n) is 1.96. The second-order valence-electron chi connectivity index (χ2n) is 3.68. The topological polar surface area (TPSA) is 48.4 Å². The molecule has 1 heterocycles. The van der Waals surface area contributed by atoms with Crippen molar-refractivity contribution in [1.29, 1.82) is 0 Å². The Labute approximate surface area is 92.4 Å². The molecule has 0 amide bonds. The van der Waals surface area contributed by atoms with Crippen molar-refractivity contribution in [2.24, 2.45) is 0 Å². The fraction of sp³-hybridized carbons (Fsp3) is 0.0769. The van der Waals surface area contributed by atoms with Gasteiger partial charge in [-0.25, -0.2) is 0 Å². The van der Waals surface area contributed by atoms with E-state index < -0.39 is 0 Å². The van der Waals surface area contributed by atoms with Crippen LogP contribution in [0.3, 0.4) is 0 Å². The molecule has 0 aliphatic rings. The lowest BCUT2D eigenvalue weighted by Gasteiger charge is -1.98. The summed E-state index contributed by atoms with van der Waals surface area (Å²) in [7, 11) is 1.65. The summed E-state index contributed by atoms with van der Waals surface area (Å²) in [6, 6.07) is 11.4. The van der Waals surface area contributed by atoms with Gasteiger partial charge in [0.15, 0.2) is 0 Å². The van der Waals surface area contributed by atoms with E-state index in [1.807, 2.05) is 36.4 Å². The van der Waals surface area contributed by atoms with Crippen molar-refractivity contribution in [3.8, 4) is 5.75 Å². The first-order valence-electron chi connectivity index (χ1n) is 5.04. The number of hydrogen-bond donors (Lipinski definition) is 1. The number of methoxy groups -OCH3 is 1. The summed E-state index contributed by atoms with van der Waals surface area (Å²) in [4.78, 5) is 0. The van der Waals surface area contributed by atoms with Crippen LogP contribution in [0.2, 0.25) is 0 Å². The van der Waals surface area contributed by atoms with E-state index in [-0.39, 0.29) is 0 Å². The molecule has 0 saturated heterocycles. The molecule has 1 aromatic heterocycles. The summed E-state index contributed by atoms with van der Waals surface area (Å²) >= 11 is 0. The van der Waals surface area contributed by atoms with Crippen LogP contribution in [0.1, 0.15) is 0 Å². The highest BCUT2D eigenvalue weighted by molar-refractivity contribution is 6.11. The summed E-state index contributed by atoms with van der Waals surface area (Å²) in [6.45, 7) is 0. The predicted octanol–water partition coefficient (Wildman–Crippen LogP) is 3.18. The van der Waals surface area contributed by atoms with Crippen molar-refractivity contribution >= 4 is 27.6 Å². The Morgan fingerprint density at radius 1 is 1.12 bits per heavy atom. The van der Waals surface area contributed by atoms with Crippen LogP contribution in [0.5, 0.6) is 5.75 Å². The lowest BCUT2D eigenvalue weighted by atomic mass is 10.1. The van der Waals surface area contributed by atoms with E-state index in [0.717, 1.165) is 33.4 Å². The molecule has 0 aliphatic carbocycles. The third-order valence-electron chi connectivity index (χ3n) is 2.73. The van der Waals surface area contributed by atoms with Gasteiger partial charge >= 0.3 is 0 Å². The predicted molar refractivity (Wildman–Crippen MR) is 64.7 cm³/mol. The monoisotopic (exact) mass is 213 g/mol. The van der Waals surface area contributed by atoms with E-state index in [4.69, 9.17) is 14.9 Å². The largest absolute Gasteiger partial charge is 0.497 e. The van der Waals surface area contributed by atoms with Crippen LogP contribution in [0.15, 0.2) is 40.8 Å². The van der Waals surface area contributed by atoms with E-state index in [0.29, 0.717) is 0 Å². The van der Waals surface area contributed by atoms with Gasteiger partial charge in [-0.15, -0.1) is 0 Å². The molecule has 0 atom stereocenters. The van der Waals surface area contributed by atoms with Crippen molar-refractivity contribution in [1.82, 2.24) is 0 Å². The number of fused-ring (bicyclic) bond motifs is 3. The van der Waals surface area contributed by atoms with Gasteiger partial charge in [0.1, 0.15) is 16.9 Å². The van der Waals surface area contributed by atoms with Gasteiger partial charge in [-0.3, -0.25) is 0 Å². The summed E-state index contributed by atoms with van der Waals surface area (Å²) in [5.41, 5.74) is 8.32. The highest BCUT2D eigenvalue weighted by Gasteiger charge is 2.09. The zero-order valence-electron chi connectivity index (χ0n) is 8.86. The highest BCUT2D eigenvalue weighted by Crippen LogP contribution is 2.34. The van der Waals surface area contributed by atoms with Crippen molar-refractivity contribution in [2.75, 3.05) is 12.8 Å². The Hall–Kier alpha value is -2.16. The average Bonchev–Trinajstić information content (AvgIpc) is 2.67. The van der Waals surface area contributed by atoms with Crippen LogP contribution in [0, 0.1) is 0 Å². The van der Waals surface area contributed by atoms with E-state index in [2.05, 4.69) is 0 Å². The number of benzene rings is 2. The molecule has 3 aromatic rings. The molecule has 3 rings (SSSR count). The zero-order chi connectivity index (χ0) is 11.1. The van der Waals surface area contributed by atoms with Gasteiger partial charge in [-0.1, -0.05) is 6.07 Å². The van der Waals surface area contributed by atoms with Crippen LogP contribution < -0.4 is 10.5 Å². The first kappa shape index (κ1) is 9.09. The van der Waals surface area contributed by atoms with E-state index in [9.17, 15) is 0 Å². The first-order chi connectivity index (χ1) is 7.79. The van der Waals surface area contributed by atoms with Gasteiger partial charge in [-0.2, -0.15) is 0 Å². The molecule has 0 radical (unpaired) electrons. The van der Waals surface area contributed by atoms with Crippen LogP contribution in [0.25, 0.3) is 21.9 Å². The van der Waals surface area contributed by atoms with Gasteiger partial charge in [0.05, 0.1) is 12.5 Å². The minimum atomic E-state index is 0.726. The van der Waals surface area contributed by atoms with Crippen LogP contribution in [0.4, 0.5) is 5.69 Å². The second-order valence-corrected chi connectivity index (χ2v) is 3.68. The second kappa shape index (κ2) is 3.17. The molecule has 0 bridgehead atoms. The summed E-state index contributed by atoms with van der Waals surface area (Å²) in [6.07, 6.45) is 0. The molecule has 2 aromatic carbocycles. The molecular formula is C13H11NO2. The maximum atomic E-state index is 5.96. The Kier molecular flexibility index (Phi) is 1.80. The van der Waals surface area contributed by atoms with Gasteiger partial charge in [0.25, 0.3) is 0 Å². The third kappa shape index (κ3) is 1.15. The maximum Gasteiger partial charge on any atom is 0.137 e. The number of furan rings is 1. The number of anilines is 1. The van der Waals surface area contributed by atoms with Crippen molar-refractivity contribution < 1.29 is 9.15 Å². The van der Waals surface area contributed by atoms with E-state index in [1.165, 1.54) is 0 Å². The van der Waals surface area contributed by atoms with E-state index >= 15 is 0 Å². The Balaban J connectivity index is 2.50. The Morgan fingerprint density at radius 2 is 2.00 bits per heavy atom. The minimum Gasteiger partial charge on any atom is -0.497 e. The van der Waals surface area contributed by atoms with Gasteiger partial charge in [0, 0.05) is 11.1 Å². The molecule has 0 aliphatic heterocycles. The zero-order valence-corrected chi connectivity index (χ0v) is 8.86. The van der Waals surface area contributed by atoms with E-state index in [1.54, 1.807) is 7.11 Å². The van der Waals surface area contributed by atoms with Crippen LogP contribution in [-0.4, -0.2) is 7.11 Å². The molecule has 0 spiro atoms. The molecular weight excluding hydrogens is 202 g/mol. The smallest absolute Gasteiger partial charge is 0.137 e. The number of ether oxygens (including phenoxy) is 1. The van der Waals surface area contributed by atoms with Crippen LogP contribution in [-0.2, 0) is 0 Å². The summed E-state index contributed by atoms with van der Waals surface area (Å²) < 4.78 is 10.9. The van der Waals surface area contributed by atoms with Crippen LogP contribution >= 0.6 is 0 Å². The third-order valence-corrected chi connectivity index (χ3v) is 2.73. The molecule has 0 saturated carbocycles. The minimum absolute atomic E-state index is 0.726. The van der Waals surface area contributed by atoms with Gasteiger partial charge in [0.2, 0.25) is 0 Å². The van der Waals surface area contributed by atoms with Crippen molar-refractivity contribution in [3.63, 3.8) is 0 Å². The van der Waals surface area contributed by atoms with Crippen molar-refractivity contribution in [3.05, 3.63) is 36.4 Å². The normalized spacial score (nSPS) is 11.1. The highest BCUT2D eigenvalue weighted by atomic mass is 16.5.